The molecule has 0 bridgehead atoms. The van der Waals surface area contributed by atoms with Gasteiger partial charge in [0.1, 0.15) is 0 Å². The van der Waals surface area contributed by atoms with Gasteiger partial charge in [0.15, 0.2) is 0 Å². The van der Waals surface area contributed by atoms with Crippen molar-refractivity contribution in [2.24, 2.45) is 0 Å². The van der Waals surface area contributed by atoms with Crippen LogP contribution in [0, 0.1) is 0 Å². The number of benzene rings is 1. The Bertz CT molecular complexity index is 711. The Hall–Kier alpha value is -1.69. The Labute approximate surface area is 131 Å². The second kappa shape index (κ2) is 6.39. The van der Waals surface area contributed by atoms with Crippen molar-refractivity contribution in [2.45, 2.75) is 19.5 Å². The van der Waals surface area contributed by atoms with Crippen LogP contribution >= 0.6 is 22.9 Å². The highest BCUT2D eigenvalue weighted by Gasteiger charge is 2.12. The molecule has 21 heavy (non-hydrogen) atoms. The van der Waals surface area contributed by atoms with Gasteiger partial charge in [-0.1, -0.05) is 35.0 Å². The molecule has 0 radical (unpaired) electrons. The molecule has 3 rings (SSSR count). The quantitative estimate of drug-likeness (QED) is 0.761. The fourth-order valence-corrected chi connectivity index (χ4v) is 2.95. The standard InChI is InChI=1S/C15H14ClN3OS/c1-10(12-4-2-3-5-13(12)16)17-8-14-18-15(19-20-14)11-6-7-21-9-11/h2-7,9-10,17H,8H2,1H3. The van der Waals surface area contributed by atoms with E-state index in [1.807, 2.05) is 41.1 Å². The van der Waals surface area contributed by atoms with Crippen molar-refractivity contribution >= 4 is 22.9 Å². The van der Waals surface area contributed by atoms with Gasteiger partial charge >= 0.3 is 0 Å². The Kier molecular flexibility index (Phi) is 4.34. The summed E-state index contributed by atoms with van der Waals surface area (Å²) in [4.78, 5) is 4.37. The smallest absolute Gasteiger partial charge is 0.240 e. The molecule has 1 unspecified atom stereocenters. The fourth-order valence-electron chi connectivity index (χ4n) is 2.01. The number of aromatic nitrogens is 2. The van der Waals surface area contributed by atoms with Crippen molar-refractivity contribution in [2.75, 3.05) is 0 Å². The minimum Gasteiger partial charge on any atom is -0.338 e. The molecule has 1 aromatic carbocycles. The molecule has 1 N–H and O–H groups in total. The molecule has 108 valence electrons. The van der Waals surface area contributed by atoms with Crippen LogP contribution in [0.25, 0.3) is 11.4 Å². The second-order valence-electron chi connectivity index (χ2n) is 4.65. The third-order valence-corrected chi connectivity index (χ3v) is 4.21. The summed E-state index contributed by atoms with van der Waals surface area (Å²) >= 11 is 7.79. The van der Waals surface area contributed by atoms with E-state index in [1.165, 1.54) is 0 Å². The van der Waals surface area contributed by atoms with Crippen LogP contribution in [0.4, 0.5) is 0 Å². The van der Waals surface area contributed by atoms with Crippen molar-refractivity contribution in [3.05, 3.63) is 57.6 Å². The third kappa shape index (κ3) is 3.32. The average Bonchev–Trinajstić information content (AvgIpc) is 3.16. The van der Waals surface area contributed by atoms with Crippen LogP contribution in [0.3, 0.4) is 0 Å². The molecule has 0 spiro atoms. The zero-order valence-electron chi connectivity index (χ0n) is 11.4. The number of halogens is 1. The van der Waals surface area contributed by atoms with Crippen molar-refractivity contribution < 1.29 is 4.52 Å². The van der Waals surface area contributed by atoms with Gasteiger partial charge in [0, 0.05) is 22.0 Å². The molecule has 0 saturated carbocycles. The summed E-state index contributed by atoms with van der Waals surface area (Å²) in [5.41, 5.74) is 2.03. The normalized spacial score (nSPS) is 12.5. The summed E-state index contributed by atoms with van der Waals surface area (Å²) in [5, 5.41) is 12.1. The minimum atomic E-state index is 0.107. The first-order chi connectivity index (χ1) is 10.2. The first-order valence-electron chi connectivity index (χ1n) is 6.57. The number of nitrogens with one attached hydrogen (secondary N) is 1. The first-order valence-corrected chi connectivity index (χ1v) is 7.89. The lowest BCUT2D eigenvalue weighted by Crippen LogP contribution is -2.18. The van der Waals surface area contributed by atoms with Gasteiger partial charge in [-0.25, -0.2) is 0 Å². The molecule has 0 saturated heterocycles. The minimum absolute atomic E-state index is 0.107. The molecule has 3 aromatic rings. The predicted molar refractivity (Wildman–Crippen MR) is 84.3 cm³/mol. The van der Waals surface area contributed by atoms with Crippen LogP contribution < -0.4 is 5.32 Å². The Morgan fingerprint density at radius 3 is 2.95 bits per heavy atom. The number of nitrogens with zero attached hydrogens (tertiary/aromatic N) is 2. The molecule has 4 nitrogen and oxygen atoms in total. The highest BCUT2D eigenvalue weighted by Crippen LogP contribution is 2.23. The highest BCUT2D eigenvalue weighted by atomic mass is 35.5. The molecule has 2 heterocycles. The van der Waals surface area contributed by atoms with Gasteiger partial charge in [0.2, 0.25) is 11.7 Å². The van der Waals surface area contributed by atoms with Crippen LogP contribution in [0.15, 0.2) is 45.6 Å². The molecule has 0 amide bonds. The van der Waals surface area contributed by atoms with E-state index in [2.05, 4.69) is 22.4 Å². The lowest BCUT2D eigenvalue weighted by Gasteiger charge is -2.13. The summed E-state index contributed by atoms with van der Waals surface area (Å²) < 4.78 is 5.25. The summed E-state index contributed by atoms with van der Waals surface area (Å²) in [6.07, 6.45) is 0. The lowest BCUT2D eigenvalue weighted by atomic mass is 10.1. The van der Waals surface area contributed by atoms with Crippen molar-refractivity contribution in [1.82, 2.24) is 15.5 Å². The molecule has 0 aliphatic heterocycles. The van der Waals surface area contributed by atoms with Gasteiger partial charge in [-0.05, 0) is 30.0 Å². The van der Waals surface area contributed by atoms with Gasteiger partial charge in [0.25, 0.3) is 0 Å². The summed E-state index contributed by atoms with van der Waals surface area (Å²) in [6.45, 7) is 2.56. The maximum Gasteiger partial charge on any atom is 0.240 e. The Morgan fingerprint density at radius 1 is 1.33 bits per heavy atom. The van der Waals surface area contributed by atoms with Gasteiger partial charge < -0.3 is 9.84 Å². The molecule has 0 aliphatic carbocycles. The van der Waals surface area contributed by atoms with Crippen molar-refractivity contribution in [3.8, 4) is 11.4 Å². The maximum absolute atomic E-state index is 6.18. The van der Waals surface area contributed by atoms with Crippen molar-refractivity contribution in [1.29, 1.82) is 0 Å². The number of hydrogen-bond donors (Lipinski definition) is 1. The zero-order chi connectivity index (χ0) is 14.7. The van der Waals surface area contributed by atoms with E-state index >= 15 is 0 Å². The Morgan fingerprint density at radius 2 is 2.19 bits per heavy atom. The number of rotatable bonds is 5. The van der Waals surface area contributed by atoms with E-state index in [4.69, 9.17) is 16.1 Å². The molecule has 6 heteroatoms. The van der Waals surface area contributed by atoms with Crippen LogP contribution in [0.1, 0.15) is 24.4 Å². The van der Waals surface area contributed by atoms with Crippen LogP contribution in [0.2, 0.25) is 5.02 Å². The van der Waals surface area contributed by atoms with E-state index in [0.717, 1.165) is 16.1 Å². The van der Waals surface area contributed by atoms with Crippen molar-refractivity contribution in [3.63, 3.8) is 0 Å². The van der Waals surface area contributed by atoms with Crippen LogP contribution in [-0.4, -0.2) is 10.1 Å². The molecule has 2 aromatic heterocycles. The lowest BCUT2D eigenvalue weighted by molar-refractivity contribution is 0.360. The molecule has 0 fully saturated rings. The SMILES string of the molecule is CC(NCc1nc(-c2ccsc2)no1)c1ccccc1Cl. The zero-order valence-corrected chi connectivity index (χ0v) is 13.0. The molecule has 0 aliphatic rings. The third-order valence-electron chi connectivity index (χ3n) is 3.18. The molecular weight excluding hydrogens is 306 g/mol. The first kappa shape index (κ1) is 14.3. The summed E-state index contributed by atoms with van der Waals surface area (Å²) in [6, 6.07) is 9.86. The summed E-state index contributed by atoms with van der Waals surface area (Å²) in [7, 11) is 0. The van der Waals surface area contributed by atoms with Crippen LogP contribution in [-0.2, 0) is 6.54 Å². The fraction of sp³-hybridized carbons (Fsp3) is 0.200. The van der Waals surface area contributed by atoms with Gasteiger partial charge in [-0.15, -0.1) is 0 Å². The van der Waals surface area contributed by atoms with Gasteiger partial charge in [-0.2, -0.15) is 16.3 Å². The monoisotopic (exact) mass is 319 g/mol. The van der Waals surface area contributed by atoms with Gasteiger partial charge in [0.05, 0.1) is 6.54 Å². The van der Waals surface area contributed by atoms with E-state index in [-0.39, 0.29) is 6.04 Å². The maximum atomic E-state index is 6.18. The second-order valence-corrected chi connectivity index (χ2v) is 5.84. The largest absolute Gasteiger partial charge is 0.338 e. The topological polar surface area (TPSA) is 51.0 Å². The average molecular weight is 320 g/mol. The van der Waals surface area contributed by atoms with E-state index in [1.54, 1.807) is 11.3 Å². The van der Waals surface area contributed by atoms with Gasteiger partial charge in [-0.3, -0.25) is 0 Å². The predicted octanol–water partition coefficient (Wildman–Crippen LogP) is 4.30. The van der Waals surface area contributed by atoms with Crippen LogP contribution in [0.5, 0.6) is 0 Å². The number of thiophene rings is 1. The van der Waals surface area contributed by atoms with E-state index in [0.29, 0.717) is 18.3 Å². The Balaban J connectivity index is 1.64. The van der Waals surface area contributed by atoms with E-state index in [9.17, 15) is 0 Å². The summed E-state index contributed by atoms with van der Waals surface area (Å²) in [5.74, 6) is 1.19. The molecule has 1 atom stereocenters. The number of hydrogen-bond acceptors (Lipinski definition) is 5. The molecular formula is C15H14ClN3OS. The highest BCUT2D eigenvalue weighted by molar-refractivity contribution is 7.08. The van der Waals surface area contributed by atoms with E-state index < -0.39 is 0 Å².